The highest BCUT2D eigenvalue weighted by Gasteiger charge is 2.06. The van der Waals surface area contributed by atoms with Crippen LogP contribution in [0.3, 0.4) is 0 Å². The standard InChI is InChI=1S/C13H19NO/c1-10-8-12(6-5-7-15)13(14(3)4)9-11(10)2/h7-9H,5-6H2,1-4H3. The van der Waals surface area contributed by atoms with Crippen molar-refractivity contribution in [2.45, 2.75) is 26.7 Å². The van der Waals surface area contributed by atoms with E-state index in [0.717, 1.165) is 12.7 Å². The average molecular weight is 205 g/mol. The summed E-state index contributed by atoms with van der Waals surface area (Å²) in [7, 11) is 4.07. The van der Waals surface area contributed by atoms with Crippen molar-refractivity contribution < 1.29 is 4.79 Å². The molecule has 0 radical (unpaired) electrons. The van der Waals surface area contributed by atoms with Crippen LogP contribution in [0.15, 0.2) is 12.1 Å². The first-order valence-electron chi connectivity index (χ1n) is 5.27. The van der Waals surface area contributed by atoms with E-state index < -0.39 is 0 Å². The van der Waals surface area contributed by atoms with Gasteiger partial charge in [0.25, 0.3) is 0 Å². The summed E-state index contributed by atoms with van der Waals surface area (Å²) in [5, 5.41) is 0. The fraction of sp³-hybridized carbons (Fsp3) is 0.462. The number of nitrogens with zero attached hydrogens (tertiary/aromatic N) is 1. The van der Waals surface area contributed by atoms with Crippen LogP contribution in [0, 0.1) is 13.8 Å². The van der Waals surface area contributed by atoms with E-state index in [1.165, 1.54) is 22.4 Å². The fourth-order valence-corrected chi connectivity index (χ4v) is 1.69. The van der Waals surface area contributed by atoms with Crippen LogP contribution in [0.4, 0.5) is 5.69 Å². The molecule has 0 aromatic heterocycles. The predicted molar refractivity (Wildman–Crippen MR) is 64.6 cm³/mol. The Labute approximate surface area is 91.9 Å². The van der Waals surface area contributed by atoms with Crippen LogP contribution in [0.1, 0.15) is 23.1 Å². The fourth-order valence-electron chi connectivity index (χ4n) is 1.69. The molecule has 0 saturated heterocycles. The van der Waals surface area contributed by atoms with E-state index in [2.05, 4.69) is 30.9 Å². The normalized spacial score (nSPS) is 10.1. The molecule has 0 heterocycles. The van der Waals surface area contributed by atoms with Crippen molar-refractivity contribution in [2.75, 3.05) is 19.0 Å². The lowest BCUT2D eigenvalue weighted by molar-refractivity contribution is -0.107. The van der Waals surface area contributed by atoms with Gasteiger partial charge in [-0.15, -0.1) is 0 Å². The zero-order valence-corrected chi connectivity index (χ0v) is 10.0. The minimum Gasteiger partial charge on any atom is -0.377 e. The Morgan fingerprint density at radius 2 is 1.80 bits per heavy atom. The third kappa shape index (κ3) is 2.82. The van der Waals surface area contributed by atoms with E-state index >= 15 is 0 Å². The highest BCUT2D eigenvalue weighted by molar-refractivity contribution is 5.58. The van der Waals surface area contributed by atoms with Crippen molar-refractivity contribution in [3.05, 3.63) is 28.8 Å². The van der Waals surface area contributed by atoms with Gasteiger partial charge in [-0.3, -0.25) is 0 Å². The Bertz CT molecular complexity index is 356. The molecule has 0 unspecified atom stereocenters. The van der Waals surface area contributed by atoms with E-state index in [1.54, 1.807) is 0 Å². The highest BCUT2D eigenvalue weighted by Crippen LogP contribution is 2.24. The number of carbonyl (C=O) groups excluding carboxylic acids is 1. The lowest BCUT2D eigenvalue weighted by Gasteiger charge is -2.19. The Morgan fingerprint density at radius 3 is 2.33 bits per heavy atom. The van der Waals surface area contributed by atoms with E-state index in [0.29, 0.717) is 6.42 Å². The molecule has 0 N–H and O–H groups in total. The molecule has 2 nitrogen and oxygen atoms in total. The zero-order valence-electron chi connectivity index (χ0n) is 10.0. The number of benzene rings is 1. The number of anilines is 1. The van der Waals surface area contributed by atoms with Crippen molar-refractivity contribution in [2.24, 2.45) is 0 Å². The number of rotatable bonds is 4. The Hall–Kier alpha value is -1.31. The number of carbonyl (C=O) groups is 1. The van der Waals surface area contributed by atoms with Crippen LogP contribution in [-0.2, 0) is 11.2 Å². The zero-order chi connectivity index (χ0) is 11.4. The smallest absolute Gasteiger partial charge is 0.120 e. The van der Waals surface area contributed by atoms with Crippen LogP contribution in [0.25, 0.3) is 0 Å². The summed E-state index contributed by atoms with van der Waals surface area (Å²) in [5.74, 6) is 0. The second-order valence-corrected chi connectivity index (χ2v) is 4.16. The molecule has 82 valence electrons. The van der Waals surface area contributed by atoms with Crippen LogP contribution >= 0.6 is 0 Å². The molecule has 1 rings (SSSR count). The van der Waals surface area contributed by atoms with E-state index in [9.17, 15) is 4.79 Å². The molecule has 0 atom stereocenters. The molecular formula is C13H19NO. The first-order valence-corrected chi connectivity index (χ1v) is 5.27. The largest absolute Gasteiger partial charge is 0.377 e. The molecular weight excluding hydrogens is 186 g/mol. The van der Waals surface area contributed by atoms with E-state index in [4.69, 9.17) is 0 Å². The van der Waals surface area contributed by atoms with Crippen molar-refractivity contribution in [3.63, 3.8) is 0 Å². The van der Waals surface area contributed by atoms with Crippen LogP contribution in [-0.4, -0.2) is 20.4 Å². The minimum absolute atomic E-state index is 0.601. The topological polar surface area (TPSA) is 20.3 Å². The molecule has 2 heteroatoms. The predicted octanol–water partition coefficient (Wildman–Crippen LogP) is 2.50. The van der Waals surface area contributed by atoms with Gasteiger partial charge in [0, 0.05) is 26.2 Å². The second-order valence-electron chi connectivity index (χ2n) is 4.16. The lowest BCUT2D eigenvalue weighted by atomic mass is 10.0. The minimum atomic E-state index is 0.601. The first-order chi connectivity index (χ1) is 7.06. The molecule has 0 aliphatic heterocycles. The molecule has 0 saturated carbocycles. The van der Waals surface area contributed by atoms with Crippen LogP contribution in [0.5, 0.6) is 0 Å². The molecule has 1 aromatic rings. The summed E-state index contributed by atoms with van der Waals surface area (Å²) < 4.78 is 0. The number of hydrogen-bond acceptors (Lipinski definition) is 2. The van der Waals surface area contributed by atoms with Gasteiger partial charge in [-0.25, -0.2) is 0 Å². The summed E-state index contributed by atoms with van der Waals surface area (Å²) in [4.78, 5) is 12.5. The van der Waals surface area contributed by atoms with Gasteiger partial charge < -0.3 is 9.69 Å². The van der Waals surface area contributed by atoms with Gasteiger partial charge in [0.2, 0.25) is 0 Å². The first kappa shape index (κ1) is 11.8. The Kier molecular flexibility index (Phi) is 3.89. The van der Waals surface area contributed by atoms with Gasteiger partial charge in [0.15, 0.2) is 0 Å². The number of aldehydes is 1. The van der Waals surface area contributed by atoms with Crippen molar-refractivity contribution >= 4 is 12.0 Å². The van der Waals surface area contributed by atoms with E-state index in [1.807, 2.05) is 14.1 Å². The number of aryl methyl sites for hydroxylation is 3. The summed E-state index contributed by atoms with van der Waals surface area (Å²) in [6, 6.07) is 4.38. The molecule has 0 aliphatic carbocycles. The van der Waals surface area contributed by atoms with Crippen molar-refractivity contribution in [1.29, 1.82) is 0 Å². The van der Waals surface area contributed by atoms with Crippen molar-refractivity contribution in [3.8, 4) is 0 Å². The molecule has 1 aromatic carbocycles. The second kappa shape index (κ2) is 4.96. The van der Waals surface area contributed by atoms with Crippen LogP contribution in [0.2, 0.25) is 0 Å². The summed E-state index contributed by atoms with van der Waals surface area (Å²) in [5.41, 5.74) is 5.07. The van der Waals surface area contributed by atoms with Gasteiger partial charge in [-0.1, -0.05) is 6.07 Å². The maximum atomic E-state index is 10.4. The molecule has 0 amide bonds. The number of hydrogen-bond donors (Lipinski definition) is 0. The SMILES string of the molecule is Cc1cc(CCC=O)c(N(C)C)cc1C. The maximum Gasteiger partial charge on any atom is 0.120 e. The average Bonchev–Trinajstić information content (AvgIpc) is 2.19. The summed E-state index contributed by atoms with van der Waals surface area (Å²) >= 11 is 0. The summed E-state index contributed by atoms with van der Waals surface area (Å²) in [6.45, 7) is 4.23. The van der Waals surface area contributed by atoms with Crippen LogP contribution < -0.4 is 4.90 Å². The molecule has 0 bridgehead atoms. The highest BCUT2D eigenvalue weighted by atomic mass is 16.1. The van der Waals surface area contributed by atoms with Gasteiger partial charge >= 0.3 is 0 Å². The molecule has 0 aliphatic rings. The Morgan fingerprint density at radius 1 is 1.20 bits per heavy atom. The monoisotopic (exact) mass is 205 g/mol. The maximum absolute atomic E-state index is 10.4. The third-order valence-electron chi connectivity index (χ3n) is 2.71. The lowest BCUT2D eigenvalue weighted by Crippen LogP contribution is -2.12. The van der Waals surface area contributed by atoms with Crippen molar-refractivity contribution in [1.82, 2.24) is 0 Å². The third-order valence-corrected chi connectivity index (χ3v) is 2.71. The molecule has 0 spiro atoms. The molecule has 15 heavy (non-hydrogen) atoms. The van der Waals surface area contributed by atoms with Gasteiger partial charge in [-0.05, 0) is 43.0 Å². The van der Waals surface area contributed by atoms with Gasteiger partial charge in [-0.2, -0.15) is 0 Å². The van der Waals surface area contributed by atoms with Gasteiger partial charge in [0.1, 0.15) is 6.29 Å². The summed E-state index contributed by atoms with van der Waals surface area (Å²) in [6.07, 6.45) is 2.41. The Balaban J connectivity index is 3.09. The quantitative estimate of drug-likeness (QED) is 0.704. The van der Waals surface area contributed by atoms with E-state index in [-0.39, 0.29) is 0 Å². The molecule has 0 fully saturated rings. The van der Waals surface area contributed by atoms with Gasteiger partial charge in [0.05, 0.1) is 0 Å².